The molecule has 3 nitrogen and oxygen atoms in total. The predicted molar refractivity (Wildman–Crippen MR) is 118 cm³/mol. The van der Waals surface area contributed by atoms with E-state index in [4.69, 9.17) is 4.74 Å². The average molecular weight is 398 g/mol. The van der Waals surface area contributed by atoms with Crippen molar-refractivity contribution in [3.05, 3.63) is 95.3 Å². The van der Waals surface area contributed by atoms with Crippen LogP contribution in [0.4, 0.5) is 0 Å². The summed E-state index contributed by atoms with van der Waals surface area (Å²) in [4.78, 5) is 16.1. The van der Waals surface area contributed by atoms with Crippen molar-refractivity contribution < 1.29 is 9.53 Å². The number of nitrogens with zero attached hydrogens (tertiary/aromatic N) is 1. The van der Waals surface area contributed by atoms with Crippen LogP contribution >= 0.6 is 0 Å². The van der Waals surface area contributed by atoms with E-state index in [0.29, 0.717) is 12.5 Å². The van der Waals surface area contributed by atoms with E-state index >= 15 is 0 Å². The number of Topliss-reactive ketones (excluding diaryl/α,β-unsaturated/α-hetero) is 1. The molecular weight excluding hydrogens is 370 g/mol. The minimum atomic E-state index is 0.0533. The van der Waals surface area contributed by atoms with Crippen molar-refractivity contribution in [2.75, 3.05) is 0 Å². The van der Waals surface area contributed by atoms with Crippen molar-refractivity contribution in [3.63, 3.8) is 0 Å². The van der Waals surface area contributed by atoms with Crippen molar-refractivity contribution >= 4 is 5.78 Å². The maximum Gasteiger partial charge on any atom is 0.159 e. The van der Waals surface area contributed by atoms with E-state index in [1.807, 2.05) is 30.3 Å². The van der Waals surface area contributed by atoms with Gasteiger partial charge in [0.1, 0.15) is 12.4 Å². The molecule has 0 aliphatic heterocycles. The molecule has 1 aromatic heterocycles. The summed E-state index contributed by atoms with van der Waals surface area (Å²) in [5, 5.41) is 0. The van der Waals surface area contributed by atoms with Crippen LogP contribution in [0.2, 0.25) is 0 Å². The van der Waals surface area contributed by atoms with E-state index in [1.165, 1.54) is 36.8 Å². The highest BCUT2D eigenvalue weighted by molar-refractivity contribution is 5.94. The van der Waals surface area contributed by atoms with Crippen LogP contribution in [0.5, 0.6) is 5.75 Å². The Bertz CT molecular complexity index is 1030. The number of ketones is 1. The molecule has 0 N–H and O–H groups in total. The van der Waals surface area contributed by atoms with Crippen LogP contribution in [0.15, 0.2) is 72.9 Å². The van der Waals surface area contributed by atoms with Crippen LogP contribution in [0.3, 0.4) is 0 Å². The summed E-state index contributed by atoms with van der Waals surface area (Å²) in [6, 6.07) is 22.9. The molecule has 1 heterocycles. The van der Waals surface area contributed by atoms with Gasteiger partial charge in [-0.15, -0.1) is 0 Å². The predicted octanol–water partition coefficient (Wildman–Crippen LogP) is 5.97. The fourth-order valence-electron chi connectivity index (χ4n) is 5.70. The van der Waals surface area contributed by atoms with Crippen LogP contribution in [0.25, 0.3) is 0 Å². The second kappa shape index (κ2) is 7.71. The summed E-state index contributed by atoms with van der Waals surface area (Å²) >= 11 is 0. The zero-order valence-corrected chi connectivity index (χ0v) is 17.4. The second-order valence-electron chi connectivity index (χ2n) is 8.82. The minimum Gasteiger partial charge on any atom is -0.487 e. The van der Waals surface area contributed by atoms with E-state index < -0.39 is 0 Å². The highest BCUT2D eigenvalue weighted by atomic mass is 16.5. The number of fused-ring (bicyclic) bond motifs is 2. The lowest BCUT2D eigenvalue weighted by Gasteiger charge is -2.39. The fraction of sp³-hybridized carbons (Fsp3) is 0.333. The summed E-state index contributed by atoms with van der Waals surface area (Å²) in [6.45, 7) is 2.11. The molecule has 30 heavy (non-hydrogen) atoms. The molecule has 2 aromatic carbocycles. The number of hydrogen-bond donors (Lipinski definition) is 0. The maximum absolute atomic E-state index is 11.7. The van der Waals surface area contributed by atoms with Crippen LogP contribution in [-0.2, 0) is 12.0 Å². The third-order valence-corrected chi connectivity index (χ3v) is 7.14. The maximum atomic E-state index is 11.7. The lowest BCUT2D eigenvalue weighted by atomic mass is 9.64. The van der Waals surface area contributed by atoms with E-state index in [9.17, 15) is 4.79 Å². The smallest absolute Gasteiger partial charge is 0.159 e. The number of aromatic nitrogens is 1. The van der Waals surface area contributed by atoms with Crippen molar-refractivity contribution in [3.8, 4) is 5.75 Å². The summed E-state index contributed by atoms with van der Waals surface area (Å²) < 4.78 is 5.95. The zero-order valence-electron chi connectivity index (χ0n) is 17.4. The topological polar surface area (TPSA) is 39.2 Å². The van der Waals surface area contributed by atoms with Gasteiger partial charge >= 0.3 is 0 Å². The average Bonchev–Trinajstić information content (AvgIpc) is 3.41. The van der Waals surface area contributed by atoms with Gasteiger partial charge in [-0.2, -0.15) is 0 Å². The first kappa shape index (κ1) is 19.0. The Morgan fingerprint density at radius 3 is 2.30 bits per heavy atom. The Morgan fingerprint density at radius 1 is 1.00 bits per heavy atom. The van der Waals surface area contributed by atoms with Gasteiger partial charge in [-0.25, -0.2) is 0 Å². The van der Waals surface area contributed by atoms with Crippen LogP contribution in [0.1, 0.15) is 59.8 Å². The normalized spacial score (nSPS) is 24.7. The second-order valence-corrected chi connectivity index (χ2v) is 8.82. The van der Waals surface area contributed by atoms with Gasteiger partial charge < -0.3 is 4.74 Å². The number of ether oxygens (including phenoxy) is 1. The van der Waals surface area contributed by atoms with E-state index in [0.717, 1.165) is 22.9 Å². The van der Waals surface area contributed by atoms with Crippen LogP contribution in [-0.4, -0.2) is 10.8 Å². The Balaban J connectivity index is 1.43. The molecule has 2 aliphatic carbocycles. The quantitative estimate of drug-likeness (QED) is 0.481. The Kier molecular flexibility index (Phi) is 4.90. The van der Waals surface area contributed by atoms with Gasteiger partial charge in [0.2, 0.25) is 0 Å². The summed E-state index contributed by atoms with van der Waals surface area (Å²) in [5.74, 6) is 2.47. The Morgan fingerprint density at radius 2 is 1.73 bits per heavy atom. The Hall–Kier alpha value is -2.94. The third-order valence-electron chi connectivity index (χ3n) is 7.14. The summed E-state index contributed by atoms with van der Waals surface area (Å²) in [6.07, 6.45) is 6.94. The van der Waals surface area contributed by atoms with Crippen molar-refractivity contribution in [1.29, 1.82) is 0 Å². The molecule has 0 radical (unpaired) electrons. The molecule has 152 valence electrons. The molecule has 3 heteroatoms. The van der Waals surface area contributed by atoms with Gasteiger partial charge in [-0.3, -0.25) is 9.78 Å². The van der Waals surface area contributed by atoms with Gasteiger partial charge in [-0.1, -0.05) is 48.9 Å². The number of rotatable bonds is 6. The SMILES string of the molecule is CC(=O)c1ccc([C@]2(c3ccc(OCc4ccccn4)cc3)CC3CC[C@@H]2C3)cc1. The van der Waals surface area contributed by atoms with Gasteiger partial charge in [0.05, 0.1) is 5.69 Å². The fourth-order valence-corrected chi connectivity index (χ4v) is 5.70. The number of pyridine rings is 1. The van der Waals surface area contributed by atoms with Crippen molar-refractivity contribution in [1.82, 2.24) is 4.98 Å². The molecule has 0 saturated heterocycles. The lowest BCUT2D eigenvalue weighted by Crippen LogP contribution is -2.34. The molecule has 0 spiro atoms. The van der Waals surface area contributed by atoms with Gasteiger partial charge in [0.25, 0.3) is 0 Å². The third kappa shape index (κ3) is 3.32. The molecular formula is C27H27NO2. The molecule has 3 aromatic rings. The first-order valence-electron chi connectivity index (χ1n) is 10.9. The largest absolute Gasteiger partial charge is 0.487 e. The lowest BCUT2D eigenvalue weighted by molar-refractivity contribution is 0.101. The molecule has 2 saturated carbocycles. The molecule has 2 fully saturated rings. The van der Waals surface area contributed by atoms with Gasteiger partial charge in [0.15, 0.2) is 5.78 Å². The molecule has 3 atom stereocenters. The monoisotopic (exact) mass is 397 g/mol. The zero-order chi connectivity index (χ0) is 20.6. The Labute approximate surface area is 178 Å². The van der Waals surface area contributed by atoms with E-state index in [-0.39, 0.29) is 11.2 Å². The van der Waals surface area contributed by atoms with Gasteiger partial charge in [-0.05, 0) is 73.4 Å². The molecule has 2 bridgehead atoms. The molecule has 5 rings (SSSR count). The first-order chi connectivity index (χ1) is 14.6. The van der Waals surface area contributed by atoms with Crippen LogP contribution < -0.4 is 4.74 Å². The minimum absolute atomic E-state index is 0.0533. The molecule has 0 amide bonds. The molecule has 2 aliphatic rings. The number of carbonyl (C=O) groups is 1. The number of hydrogen-bond acceptors (Lipinski definition) is 3. The number of benzene rings is 2. The van der Waals surface area contributed by atoms with E-state index in [2.05, 4.69) is 41.4 Å². The molecule has 1 unspecified atom stereocenters. The number of carbonyl (C=O) groups excluding carboxylic acids is 1. The van der Waals surface area contributed by atoms with Gasteiger partial charge in [0, 0.05) is 17.2 Å². The van der Waals surface area contributed by atoms with E-state index in [1.54, 1.807) is 13.1 Å². The van der Waals surface area contributed by atoms with Crippen molar-refractivity contribution in [2.24, 2.45) is 11.8 Å². The standard InChI is InChI=1S/C27H27NO2/c1-19(29)21-6-9-22(10-7-21)27(17-20-5-8-24(27)16-20)23-11-13-26(14-12-23)30-18-25-4-2-3-15-28-25/h2-4,6-7,9-15,20,24H,5,8,16-18H2,1H3/t20?,24-,27+/m1/s1. The first-order valence-corrected chi connectivity index (χ1v) is 10.9. The highest BCUT2D eigenvalue weighted by Gasteiger charge is 2.52. The highest BCUT2D eigenvalue weighted by Crippen LogP contribution is 2.60. The summed E-state index contributed by atoms with van der Waals surface area (Å²) in [7, 11) is 0. The van der Waals surface area contributed by atoms with Crippen molar-refractivity contribution in [2.45, 2.75) is 44.6 Å². The van der Waals surface area contributed by atoms with Crippen LogP contribution in [0, 0.1) is 11.8 Å². The summed E-state index contributed by atoms with van der Waals surface area (Å²) in [5.41, 5.74) is 4.49.